The highest BCUT2D eigenvalue weighted by atomic mass is 35.5. The number of hydrogen-bond acceptors (Lipinski definition) is 6. The van der Waals surface area contributed by atoms with Gasteiger partial charge in [-0.3, -0.25) is 14.3 Å². The largest absolute Gasteiger partial charge is 0.495 e. The molecule has 0 amide bonds. The van der Waals surface area contributed by atoms with Crippen LogP contribution in [0.1, 0.15) is 11.3 Å². The first-order chi connectivity index (χ1) is 14.4. The Morgan fingerprint density at radius 1 is 1.40 bits per heavy atom. The van der Waals surface area contributed by atoms with Crippen molar-refractivity contribution in [3.63, 3.8) is 0 Å². The topological polar surface area (TPSA) is 89.9 Å². The molecule has 3 heterocycles. The van der Waals surface area contributed by atoms with Gasteiger partial charge in [0.2, 0.25) is 0 Å². The predicted molar refractivity (Wildman–Crippen MR) is 119 cm³/mol. The Morgan fingerprint density at radius 2 is 2.17 bits per heavy atom. The van der Waals surface area contributed by atoms with Gasteiger partial charge in [0.1, 0.15) is 10.4 Å². The zero-order valence-electron chi connectivity index (χ0n) is 16.1. The molecule has 0 N–H and O–H groups in total. The van der Waals surface area contributed by atoms with Crippen molar-refractivity contribution >= 4 is 38.7 Å². The molecule has 0 aliphatic carbocycles. The Hall–Kier alpha value is -3.41. The number of aromatic nitrogens is 3. The van der Waals surface area contributed by atoms with E-state index in [0.29, 0.717) is 26.4 Å². The van der Waals surface area contributed by atoms with Crippen LogP contribution in [0.15, 0.2) is 64.5 Å². The summed E-state index contributed by atoms with van der Waals surface area (Å²) in [5.41, 5.74) is 0.241. The summed E-state index contributed by atoms with van der Waals surface area (Å²) in [6.45, 7) is 7.56. The molecule has 3 aromatic rings. The lowest BCUT2D eigenvalue weighted by molar-refractivity contribution is 0.412. The smallest absolute Gasteiger partial charge is 0.336 e. The lowest BCUT2D eigenvalue weighted by Gasteiger charge is -2.11. The number of pyridine rings is 1. The van der Waals surface area contributed by atoms with Crippen molar-refractivity contribution < 1.29 is 4.74 Å². The number of fused-ring (bicyclic) bond motifs is 1. The van der Waals surface area contributed by atoms with Crippen molar-refractivity contribution in [1.82, 2.24) is 14.1 Å². The van der Waals surface area contributed by atoms with Crippen LogP contribution in [-0.4, -0.2) is 21.2 Å². The van der Waals surface area contributed by atoms with Crippen LogP contribution in [0.4, 0.5) is 0 Å². The fourth-order valence-electron chi connectivity index (χ4n) is 2.95. The number of hydrogen-bond donors (Lipinski definition) is 0. The number of ether oxygens (including phenoxy) is 1. The number of rotatable bonds is 7. The number of allylic oxidation sites excluding steroid dienone is 4. The second kappa shape index (κ2) is 8.95. The minimum atomic E-state index is -0.568. The van der Waals surface area contributed by atoms with E-state index in [1.807, 2.05) is 6.07 Å². The van der Waals surface area contributed by atoms with Crippen molar-refractivity contribution in [2.45, 2.75) is 13.0 Å². The van der Waals surface area contributed by atoms with E-state index in [4.69, 9.17) is 21.6 Å². The van der Waals surface area contributed by atoms with E-state index in [1.54, 1.807) is 24.3 Å². The highest BCUT2D eigenvalue weighted by molar-refractivity contribution is 7.20. The molecule has 0 saturated carbocycles. The molecule has 152 valence electrons. The maximum atomic E-state index is 13.3. The van der Waals surface area contributed by atoms with Crippen LogP contribution in [-0.2, 0) is 6.54 Å². The Balaban J connectivity index is 2.39. The molecule has 9 heteroatoms. The monoisotopic (exact) mass is 440 g/mol. The number of nitriles is 1. The number of aryl methyl sites for hydroxylation is 1. The molecule has 0 radical (unpaired) electrons. The molecular weight excluding hydrogens is 424 g/mol. The third-order valence-electron chi connectivity index (χ3n) is 4.30. The standard InChI is InChI=1S/C21H17ClN4O3S/c1-4-6-16(13(2)22)18-10-17-19(30-18)20(27)26(21(28)25(17)8-5-7-23)14-9-15(29-3)12-24-11-14/h4,6,9-12H,1-2,5,8H2,3H3/b16-6+. The molecule has 30 heavy (non-hydrogen) atoms. The van der Waals surface area contributed by atoms with Crippen molar-refractivity contribution in [2.24, 2.45) is 0 Å². The molecule has 0 spiro atoms. The number of thiophene rings is 1. The third-order valence-corrected chi connectivity index (χ3v) is 5.65. The lowest BCUT2D eigenvalue weighted by Crippen LogP contribution is -2.38. The molecule has 0 aromatic carbocycles. The molecule has 0 aliphatic rings. The van der Waals surface area contributed by atoms with Crippen molar-refractivity contribution in [1.29, 1.82) is 5.26 Å². The second-order valence-corrected chi connectivity index (χ2v) is 7.62. The van der Waals surface area contributed by atoms with Crippen LogP contribution in [0.2, 0.25) is 0 Å². The number of halogens is 1. The van der Waals surface area contributed by atoms with E-state index in [-0.39, 0.29) is 23.7 Å². The predicted octanol–water partition coefficient (Wildman–Crippen LogP) is 3.85. The maximum Gasteiger partial charge on any atom is 0.336 e. The SMILES string of the molecule is C=C/C=C(\C(=C)Cl)c1cc2c(s1)c(=O)n(-c1cncc(OC)c1)c(=O)n2CCC#N. The molecule has 7 nitrogen and oxygen atoms in total. The molecule has 0 fully saturated rings. The summed E-state index contributed by atoms with van der Waals surface area (Å²) < 4.78 is 7.94. The van der Waals surface area contributed by atoms with Gasteiger partial charge in [0.25, 0.3) is 5.56 Å². The molecule has 0 bridgehead atoms. The van der Waals surface area contributed by atoms with Crippen molar-refractivity contribution in [2.75, 3.05) is 7.11 Å². The summed E-state index contributed by atoms with van der Waals surface area (Å²) in [7, 11) is 1.47. The molecule has 3 rings (SSSR count). The molecule has 0 unspecified atom stereocenters. The number of nitrogens with zero attached hydrogens (tertiary/aromatic N) is 4. The van der Waals surface area contributed by atoms with Gasteiger partial charge in [0.15, 0.2) is 0 Å². The fourth-order valence-corrected chi connectivity index (χ4v) is 4.32. The minimum Gasteiger partial charge on any atom is -0.495 e. The van der Waals surface area contributed by atoms with Gasteiger partial charge in [-0.1, -0.05) is 36.9 Å². The zero-order valence-corrected chi connectivity index (χ0v) is 17.7. The van der Waals surface area contributed by atoms with Crippen LogP contribution >= 0.6 is 22.9 Å². The van der Waals surface area contributed by atoms with E-state index in [2.05, 4.69) is 18.1 Å². The van der Waals surface area contributed by atoms with E-state index >= 15 is 0 Å². The summed E-state index contributed by atoms with van der Waals surface area (Å²) in [4.78, 5) is 31.2. The van der Waals surface area contributed by atoms with Gasteiger partial charge >= 0.3 is 5.69 Å². The highest BCUT2D eigenvalue weighted by Gasteiger charge is 2.19. The number of methoxy groups -OCH3 is 1. The van der Waals surface area contributed by atoms with Crippen LogP contribution in [0.25, 0.3) is 21.5 Å². The van der Waals surface area contributed by atoms with Crippen LogP contribution in [0, 0.1) is 11.3 Å². The Morgan fingerprint density at radius 3 is 2.80 bits per heavy atom. The summed E-state index contributed by atoms with van der Waals surface area (Å²) >= 11 is 7.31. The average Bonchev–Trinajstić information content (AvgIpc) is 3.17. The molecule has 0 atom stereocenters. The quantitative estimate of drug-likeness (QED) is 0.520. The minimum absolute atomic E-state index is 0.103. The highest BCUT2D eigenvalue weighted by Crippen LogP contribution is 2.33. The van der Waals surface area contributed by atoms with Gasteiger partial charge in [-0.05, 0) is 6.07 Å². The van der Waals surface area contributed by atoms with Gasteiger partial charge in [-0.25, -0.2) is 9.36 Å². The van der Waals surface area contributed by atoms with Crippen molar-refractivity contribution in [3.05, 3.63) is 80.6 Å². The first kappa shape index (κ1) is 21.3. The Labute approximate surface area is 181 Å². The summed E-state index contributed by atoms with van der Waals surface area (Å²) in [5.74, 6) is 0.406. The third kappa shape index (κ3) is 3.85. The van der Waals surface area contributed by atoms with Gasteiger partial charge < -0.3 is 4.74 Å². The normalized spacial score (nSPS) is 11.3. The van der Waals surface area contributed by atoms with Gasteiger partial charge in [-0.2, -0.15) is 5.26 Å². The average molecular weight is 441 g/mol. The van der Waals surface area contributed by atoms with Crippen molar-refractivity contribution in [3.8, 4) is 17.5 Å². The first-order valence-electron chi connectivity index (χ1n) is 8.76. The maximum absolute atomic E-state index is 13.3. The van der Waals surface area contributed by atoms with Gasteiger partial charge in [0.05, 0.1) is 43.2 Å². The molecular formula is C21H17ClN4O3S. The lowest BCUT2D eigenvalue weighted by atomic mass is 10.2. The Bertz CT molecular complexity index is 1340. The van der Waals surface area contributed by atoms with Crippen LogP contribution in [0.3, 0.4) is 0 Å². The second-order valence-electron chi connectivity index (χ2n) is 6.11. The van der Waals surface area contributed by atoms with E-state index in [9.17, 15) is 9.59 Å². The summed E-state index contributed by atoms with van der Waals surface area (Å²) in [5, 5.41) is 9.31. The summed E-state index contributed by atoms with van der Waals surface area (Å²) in [6.07, 6.45) is 6.23. The molecule has 0 saturated heterocycles. The fraction of sp³-hybridized carbons (Fsp3) is 0.143. The van der Waals surface area contributed by atoms with Gasteiger partial charge in [-0.15, -0.1) is 11.3 Å². The molecule has 3 aromatic heterocycles. The first-order valence-corrected chi connectivity index (χ1v) is 9.96. The van der Waals surface area contributed by atoms with E-state index in [1.165, 1.54) is 35.4 Å². The zero-order chi connectivity index (χ0) is 21.8. The summed E-state index contributed by atoms with van der Waals surface area (Å²) in [6, 6.07) is 5.29. The Kier molecular flexibility index (Phi) is 6.35. The van der Waals surface area contributed by atoms with Gasteiger partial charge in [0, 0.05) is 28.1 Å². The molecule has 0 aliphatic heterocycles. The van der Waals surface area contributed by atoms with Crippen LogP contribution in [0.5, 0.6) is 5.75 Å². The van der Waals surface area contributed by atoms with E-state index < -0.39 is 11.2 Å². The van der Waals surface area contributed by atoms with E-state index in [0.717, 1.165) is 4.57 Å². The van der Waals surface area contributed by atoms with Crippen LogP contribution < -0.4 is 16.0 Å².